The lowest BCUT2D eigenvalue weighted by Gasteiger charge is -2.19. The highest BCUT2D eigenvalue weighted by atomic mass is 79.9. The predicted molar refractivity (Wildman–Crippen MR) is 150 cm³/mol. The molecule has 2 aromatic carbocycles. The second kappa shape index (κ2) is 12.8. The summed E-state index contributed by atoms with van der Waals surface area (Å²) in [6, 6.07) is 7.15. The molecule has 3 aromatic rings. The molecule has 0 unspecified atom stereocenters. The van der Waals surface area contributed by atoms with Crippen molar-refractivity contribution < 1.29 is 19.0 Å². The Balaban J connectivity index is 2.11. The van der Waals surface area contributed by atoms with E-state index < -0.39 is 12.1 Å². The predicted octanol–water partition coefficient (Wildman–Crippen LogP) is 6.25. The number of benzene rings is 2. The summed E-state index contributed by atoms with van der Waals surface area (Å²) in [6.07, 6.45) is 3.16. The average Bonchev–Trinajstić information content (AvgIpc) is 2.87. The molecule has 0 saturated carbocycles. The van der Waals surface area contributed by atoms with Crippen LogP contribution in [-0.4, -0.2) is 41.7 Å². The van der Waals surface area contributed by atoms with Gasteiger partial charge in [-0.05, 0) is 76.4 Å². The summed E-state index contributed by atoms with van der Waals surface area (Å²) in [5.41, 5.74) is 1.01. The Morgan fingerprint density at radius 2 is 1.94 bits per heavy atom. The van der Waals surface area contributed by atoms with E-state index in [1.807, 2.05) is 19.1 Å². The fourth-order valence-corrected chi connectivity index (χ4v) is 4.67. The third-order valence-corrected chi connectivity index (χ3v) is 7.86. The van der Waals surface area contributed by atoms with Crippen LogP contribution in [0.4, 0.5) is 0 Å². The van der Waals surface area contributed by atoms with E-state index in [0.717, 1.165) is 17.3 Å². The standard InChI is InChI=1S/C25H26Br3N3O5/c1-5-7-8-20-30-18-10-9-16(26)12-17(18)24(32)31(20)29-13-15-11-19(35-6-2)23(22(28)21(15)27)36-14(3)25(33)34-4/h9-14H,5-8H2,1-4H3/t14-/m0/s1. The minimum absolute atomic E-state index is 0.254. The van der Waals surface area contributed by atoms with Gasteiger partial charge in [-0.15, -0.1) is 0 Å². The van der Waals surface area contributed by atoms with Crippen molar-refractivity contribution >= 4 is 70.9 Å². The van der Waals surface area contributed by atoms with E-state index in [1.54, 1.807) is 25.3 Å². The number of unbranched alkanes of at least 4 members (excludes halogenated alkanes) is 1. The third kappa shape index (κ3) is 6.36. The molecule has 0 fully saturated rings. The van der Waals surface area contributed by atoms with Crippen LogP contribution < -0.4 is 15.0 Å². The molecule has 1 aromatic heterocycles. The van der Waals surface area contributed by atoms with Crippen LogP contribution in [0.1, 0.15) is 45.0 Å². The van der Waals surface area contributed by atoms with Crippen LogP contribution >= 0.6 is 47.8 Å². The summed E-state index contributed by atoms with van der Waals surface area (Å²) in [7, 11) is 1.30. The van der Waals surface area contributed by atoms with Crippen LogP contribution in [0.2, 0.25) is 0 Å². The number of halogens is 3. The number of rotatable bonds is 10. The number of ether oxygens (including phenoxy) is 3. The molecule has 0 amide bonds. The van der Waals surface area contributed by atoms with Gasteiger partial charge in [-0.2, -0.15) is 9.78 Å². The van der Waals surface area contributed by atoms with Gasteiger partial charge in [0.2, 0.25) is 0 Å². The first kappa shape index (κ1) is 28.3. The Morgan fingerprint density at radius 1 is 1.19 bits per heavy atom. The molecule has 36 heavy (non-hydrogen) atoms. The molecule has 0 saturated heterocycles. The minimum Gasteiger partial charge on any atom is -0.490 e. The lowest BCUT2D eigenvalue weighted by atomic mass is 10.2. The van der Waals surface area contributed by atoms with Gasteiger partial charge in [0.25, 0.3) is 5.56 Å². The second-order valence-electron chi connectivity index (χ2n) is 7.79. The van der Waals surface area contributed by atoms with Crippen LogP contribution in [0.3, 0.4) is 0 Å². The molecule has 1 atom stereocenters. The van der Waals surface area contributed by atoms with Gasteiger partial charge >= 0.3 is 5.97 Å². The maximum Gasteiger partial charge on any atom is 0.346 e. The first-order chi connectivity index (χ1) is 17.2. The number of hydrogen-bond acceptors (Lipinski definition) is 7. The molecular formula is C25H26Br3N3O5. The van der Waals surface area contributed by atoms with Gasteiger partial charge < -0.3 is 14.2 Å². The zero-order valence-electron chi connectivity index (χ0n) is 20.3. The highest BCUT2D eigenvalue weighted by molar-refractivity contribution is 9.13. The van der Waals surface area contributed by atoms with E-state index in [-0.39, 0.29) is 5.56 Å². The molecule has 192 valence electrons. The maximum atomic E-state index is 13.4. The highest BCUT2D eigenvalue weighted by Crippen LogP contribution is 2.43. The van der Waals surface area contributed by atoms with Crippen molar-refractivity contribution in [2.75, 3.05) is 13.7 Å². The molecule has 0 aliphatic heterocycles. The number of esters is 1. The number of carbonyl (C=O) groups is 1. The van der Waals surface area contributed by atoms with Crippen LogP contribution in [-0.2, 0) is 16.0 Å². The van der Waals surface area contributed by atoms with Crippen molar-refractivity contribution in [3.05, 3.63) is 59.4 Å². The lowest BCUT2D eigenvalue weighted by molar-refractivity contribution is -0.148. The quantitative estimate of drug-likeness (QED) is 0.185. The molecule has 8 nitrogen and oxygen atoms in total. The molecule has 11 heteroatoms. The largest absolute Gasteiger partial charge is 0.490 e. The molecule has 0 N–H and O–H groups in total. The van der Waals surface area contributed by atoms with Crippen LogP contribution in [0.25, 0.3) is 10.9 Å². The Bertz CT molecular complexity index is 1360. The number of hydrogen-bond donors (Lipinski definition) is 0. The Labute approximate surface area is 234 Å². The number of aryl methyl sites for hydroxylation is 1. The third-order valence-electron chi connectivity index (χ3n) is 5.23. The van der Waals surface area contributed by atoms with E-state index in [0.29, 0.717) is 55.8 Å². The second-order valence-corrected chi connectivity index (χ2v) is 10.3. The lowest BCUT2D eigenvalue weighted by Crippen LogP contribution is -2.25. The fraction of sp³-hybridized carbons (Fsp3) is 0.360. The molecular weight excluding hydrogens is 662 g/mol. The summed E-state index contributed by atoms with van der Waals surface area (Å²) < 4.78 is 19.6. The van der Waals surface area contributed by atoms with Crippen molar-refractivity contribution in [2.45, 2.75) is 46.1 Å². The van der Waals surface area contributed by atoms with Crippen molar-refractivity contribution in [3.63, 3.8) is 0 Å². The van der Waals surface area contributed by atoms with Crippen molar-refractivity contribution in [1.82, 2.24) is 9.66 Å². The first-order valence-electron chi connectivity index (χ1n) is 11.4. The first-order valence-corrected chi connectivity index (χ1v) is 13.7. The van der Waals surface area contributed by atoms with Crippen molar-refractivity contribution in [3.8, 4) is 11.5 Å². The van der Waals surface area contributed by atoms with E-state index in [4.69, 9.17) is 19.2 Å². The highest BCUT2D eigenvalue weighted by Gasteiger charge is 2.23. The fourth-order valence-electron chi connectivity index (χ4n) is 3.39. The molecule has 0 aliphatic rings. The van der Waals surface area contributed by atoms with Crippen LogP contribution in [0, 0.1) is 0 Å². The van der Waals surface area contributed by atoms with Gasteiger partial charge in [-0.3, -0.25) is 4.79 Å². The summed E-state index contributed by atoms with van der Waals surface area (Å²) in [5.74, 6) is 0.821. The molecule has 1 heterocycles. The van der Waals surface area contributed by atoms with Gasteiger partial charge in [-0.1, -0.05) is 29.3 Å². The van der Waals surface area contributed by atoms with Crippen LogP contribution in [0.15, 0.2) is 47.6 Å². The van der Waals surface area contributed by atoms with E-state index in [2.05, 4.69) is 59.8 Å². The van der Waals surface area contributed by atoms with E-state index in [1.165, 1.54) is 11.8 Å². The summed E-state index contributed by atoms with van der Waals surface area (Å²) >= 11 is 10.5. The van der Waals surface area contributed by atoms with Gasteiger partial charge in [0.1, 0.15) is 5.82 Å². The van der Waals surface area contributed by atoms with Crippen molar-refractivity contribution in [1.29, 1.82) is 0 Å². The average molecular weight is 688 g/mol. The number of fused-ring (bicyclic) bond motifs is 1. The van der Waals surface area contributed by atoms with Gasteiger partial charge in [0, 0.05) is 20.9 Å². The summed E-state index contributed by atoms with van der Waals surface area (Å²) in [6.45, 7) is 5.89. The smallest absolute Gasteiger partial charge is 0.346 e. The Morgan fingerprint density at radius 3 is 2.61 bits per heavy atom. The summed E-state index contributed by atoms with van der Waals surface area (Å²) in [5, 5.41) is 4.99. The molecule has 0 spiro atoms. The minimum atomic E-state index is -0.848. The number of aromatic nitrogens is 2. The SMILES string of the molecule is CCCCc1nc2ccc(Br)cc2c(=O)n1N=Cc1cc(OCC)c(O[C@@H](C)C(=O)OC)c(Br)c1Br. The summed E-state index contributed by atoms with van der Waals surface area (Å²) in [4.78, 5) is 29.9. The normalized spacial score (nSPS) is 12.2. The number of carbonyl (C=O) groups excluding carboxylic acids is 1. The van der Waals surface area contributed by atoms with Gasteiger partial charge in [0.15, 0.2) is 17.6 Å². The zero-order chi connectivity index (χ0) is 26.4. The molecule has 0 radical (unpaired) electrons. The van der Waals surface area contributed by atoms with Crippen molar-refractivity contribution in [2.24, 2.45) is 5.10 Å². The van der Waals surface area contributed by atoms with E-state index in [9.17, 15) is 9.59 Å². The Hall–Kier alpha value is -2.24. The topological polar surface area (TPSA) is 92.0 Å². The number of methoxy groups -OCH3 is 1. The van der Waals surface area contributed by atoms with E-state index >= 15 is 0 Å². The number of nitrogens with zero attached hydrogens (tertiary/aromatic N) is 3. The van der Waals surface area contributed by atoms with Gasteiger partial charge in [0.05, 0.1) is 35.3 Å². The molecule has 0 aliphatic carbocycles. The molecule has 0 bridgehead atoms. The molecule has 3 rings (SSSR count). The van der Waals surface area contributed by atoms with Gasteiger partial charge in [-0.25, -0.2) is 9.78 Å². The maximum absolute atomic E-state index is 13.4. The zero-order valence-corrected chi connectivity index (χ0v) is 25.1. The monoisotopic (exact) mass is 685 g/mol. The Kier molecular flexibility index (Phi) is 10.1. The van der Waals surface area contributed by atoms with Crippen LogP contribution in [0.5, 0.6) is 11.5 Å².